The first kappa shape index (κ1) is 20.8. The lowest BCUT2D eigenvalue weighted by molar-refractivity contribution is -0.137. The fraction of sp³-hybridized carbons (Fsp3) is 0.143. The van der Waals surface area contributed by atoms with Gasteiger partial charge in [0.25, 0.3) is 5.91 Å². The van der Waals surface area contributed by atoms with Gasteiger partial charge in [-0.05, 0) is 43.3 Å². The average molecular weight is 446 g/mol. The normalized spacial score (nSPS) is 11.6. The molecule has 3 heterocycles. The molecule has 31 heavy (non-hydrogen) atoms. The van der Waals surface area contributed by atoms with Crippen LogP contribution in [0.1, 0.15) is 27.3 Å². The van der Waals surface area contributed by atoms with Gasteiger partial charge < -0.3 is 5.32 Å². The van der Waals surface area contributed by atoms with E-state index in [0.29, 0.717) is 23.3 Å². The molecule has 4 aromatic rings. The van der Waals surface area contributed by atoms with Crippen molar-refractivity contribution in [2.24, 2.45) is 0 Å². The summed E-state index contributed by atoms with van der Waals surface area (Å²) in [6, 6.07) is 9.68. The van der Waals surface area contributed by atoms with Crippen molar-refractivity contribution in [1.82, 2.24) is 19.7 Å². The Morgan fingerprint density at radius 3 is 2.52 bits per heavy atom. The van der Waals surface area contributed by atoms with Crippen LogP contribution in [0.4, 0.5) is 18.9 Å². The lowest BCUT2D eigenvalue weighted by Gasteiger charge is -2.10. The van der Waals surface area contributed by atoms with Gasteiger partial charge in [-0.15, -0.1) is 0 Å². The molecule has 1 aromatic carbocycles. The largest absolute Gasteiger partial charge is 0.416 e. The van der Waals surface area contributed by atoms with Crippen LogP contribution in [0.25, 0.3) is 11.0 Å². The second-order valence-corrected chi connectivity index (χ2v) is 7.16. The van der Waals surface area contributed by atoms with Gasteiger partial charge in [0, 0.05) is 18.1 Å². The first-order valence-electron chi connectivity index (χ1n) is 9.14. The van der Waals surface area contributed by atoms with Gasteiger partial charge in [0.1, 0.15) is 0 Å². The SMILES string of the molecule is Cc1nn(Cc2ccccn2)c2ncc(C(=O)Nc3ccc(C(F)(F)F)cc3)c(Cl)c12. The van der Waals surface area contributed by atoms with Gasteiger partial charge in [-0.25, -0.2) is 9.67 Å². The van der Waals surface area contributed by atoms with Crippen LogP contribution < -0.4 is 5.32 Å². The lowest BCUT2D eigenvalue weighted by Crippen LogP contribution is -2.14. The number of carbonyl (C=O) groups is 1. The Labute approximate surface area is 179 Å². The summed E-state index contributed by atoms with van der Waals surface area (Å²) in [6.07, 6.45) is -1.45. The summed E-state index contributed by atoms with van der Waals surface area (Å²) in [4.78, 5) is 21.3. The number of halogens is 4. The Balaban J connectivity index is 1.62. The topological polar surface area (TPSA) is 72.7 Å². The van der Waals surface area contributed by atoms with Gasteiger partial charge in [-0.2, -0.15) is 18.3 Å². The number of aryl methyl sites for hydroxylation is 1. The van der Waals surface area contributed by atoms with E-state index < -0.39 is 17.6 Å². The standard InChI is InChI=1S/C21H15ClF3N5O/c1-12-17-18(22)16(20(31)28-14-7-5-13(6-8-14)21(23,24)25)10-27-19(17)30(29-12)11-15-4-2-3-9-26-15/h2-10H,11H2,1H3,(H,28,31). The summed E-state index contributed by atoms with van der Waals surface area (Å²) in [6.45, 7) is 2.13. The Hall–Kier alpha value is -3.46. The van der Waals surface area contributed by atoms with Crippen molar-refractivity contribution in [3.8, 4) is 0 Å². The fourth-order valence-corrected chi connectivity index (χ4v) is 3.48. The number of carbonyl (C=O) groups excluding carboxylic acids is 1. The first-order chi connectivity index (χ1) is 14.7. The number of hydrogen-bond acceptors (Lipinski definition) is 4. The highest BCUT2D eigenvalue weighted by Crippen LogP contribution is 2.31. The Kier molecular flexibility index (Phi) is 5.36. The van der Waals surface area contributed by atoms with Crippen molar-refractivity contribution in [1.29, 1.82) is 0 Å². The van der Waals surface area contributed by atoms with Gasteiger partial charge in [-0.1, -0.05) is 17.7 Å². The molecular weight excluding hydrogens is 431 g/mol. The molecule has 0 unspecified atom stereocenters. The van der Waals surface area contributed by atoms with Gasteiger partial charge >= 0.3 is 6.18 Å². The minimum atomic E-state index is -4.45. The highest BCUT2D eigenvalue weighted by Gasteiger charge is 2.30. The zero-order valence-electron chi connectivity index (χ0n) is 16.1. The molecule has 10 heteroatoms. The first-order valence-corrected chi connectivity index (χ1v) is 9.52. The van der Waals surface area contributed by atoms with Crippen molar-refractivity contribution in [2.75, 3.05) is 5.32 Å². The number of nitrogens with one attached hydrogen (secondary N) is 1. The number of rotatable bonds is 4. The minimum Gasteiger partial charge on any atom is -0.322 e. The molecule has 4 rings (SSSR count). The molecule has 0 radical (unpaired) electrons. The van der Waals surface area contributed by atoms with E-state index >= 15 is 0 Å². The third kappa shape index (κ3) is 4.22. The van der Waals surface area contributed by atoms with E-state index in [0.717, 1.165) is 17.8 Å². The third-order valence-corrected chi connectivity index (χ3v) is 5.02. The number of amides is 1. The second kappa shape index (κ2) is 7.99. The van der Waals surface area contributed by atoms with Crippen LogP contribution >= 0.6 is 11.6 Å². The molecule has 0 saturated carbocycles. The number of benzene rings is 1. The Morgan fingerprint density at radius 2 is 1.87 bits per heavy atom. The number of pyridine rings is 2. The number of alkyl halides is 3. The van der Waals surface area contributed by atoms with Crippen molar-refractivity contribution in [2.45, 2.75) is 19.6 Å². The van der Waals surface area contributed by atoms with Gasteiger partial charge in [-0.3, -0.25) is 9.78 Å². The number of aromatic nitrogens is 4. The van der Waals surface area contributed by atoms with Crippen LogP contribution in [0.5, 0.6) is 0 Å². The van der Waals surface area contributed by atoms with Crippen LogP contribution in [-0.2, 0) is 12.7 Å². The quantitative estimate of drug-likeness (QED) is 0.474. The van der Waals surface area contributed by atoms with Gasteiger partial charge in [0.05, 0.1) is 39.5 Å². The summed E-state index contributed by atoms with van der Waals surface area (Å²) in [5.41, 5.74) is 1.37. The summed E-state index contributed by atoms with van der Waals surface area (Å²) in [5, 5.41) is 7.69. The minimum absolute atomic E-state index is 0.0922. The molecule has 0 atom stereocenters. The molecule has 0 fully saturated rings. The molecule has 1 amide bonds. The van der Waals surface area contributed by atoms with Crippen molar-refractivity contribution >= 4 is 34.2 Å². The summed E-state index contributed by atoms with van der Waals surface area (Å²) >= 11 is 6.49. The van der Waals surface area contributed by atoms with Crippen LogP contribution in [0.3, 0.4) is 0 Å². The van der Waals surface area contributed by atoms with E-state index in [-0.39, 0.29) is 16.3 Å². The van der Waals surface area contributed by atoms with E-state index in [2.05, 4.69) is 20.4 Å². The van der Waals surface area contributed by atoms with Crippen molar-refractivity contribution in [3.05, 3.63) is 82.4 Å². The predicted molar refractivity (Wildman–Crippen MR) is 110 cm³/mol. The highest BCUT2D eigenvalue weighted by molar-refractivity contribution is 6.39. The number of anilines is 1. The zero-order chi connectivity index (χ0) is 22.2. The molecule has 0 aliphatic carbocycles. The van der Waals surface area contributed by atoms with E-state index in [1.807, 2.05) is 18.2 Å². The summed E-state index contributed by atoms with van der Waals surface area (Å²) in [7, 11) is 0. The molecule has 0 spiro atoms. The van der Waals surface area contributed by atoms with Crippen LogP contribution in [0.15, 0.2) is 54.9 Å². The van der Waals surface area contributed by atoms with Gasteiger partial charge in [0.15, 0.2) is 5.65 Å². The van der Waals surface area contributed by atoms with E-state index in [1.165, 1.54) is 18.3 Å². The highest BCUT2D eigenvalue weighted by atomic mass is 35.5. The van der Waals surface area contributed by atoms with Crippen molar-refractivity contribution in [3.63, 3.8) is 0 Å². The maximum absolute atomic E-state index is 12.7. The van der Waals surface area contributed by atoms with Gasteiger partial charge in [0.2, 0.25) is 0 Å². The Morgan fingerprint density at radius 1 is 1.13 bits per heavy atom. The summed E-state index contributed by atoms with van der Waals surface area (Å²) < 4.78 is 39.8. The number of hydrogen-bond donors (Lipinski definition) is 1. The number of fused-ring (bicyclic) bond motifs is 1. The number of nitrogens with zero attached hydrogens (tertiary/aromatic N) is 4. The predicted octanol–water partition coefficient (Wildman–Crippen LogP) is 5.11. The second-order valence-electron chi connectivity index (χ2n) is 6.78. The Bertz CT molecular complexity index is 1250. The molecule has 1 N–H and O–H groups in total. The van der Waals surface area contributed by atoms with E-state index in [1.54, 1.807) is 17.8 Å². The van der Waals surface area contributed by atoms with Crippen LogP contribution in [0.2, 0.25) is 5.02 Å². The van der Waals surface area contributed by atoms with Crippen molar-refractivity contribution < 1.29 is 18.0 Å². The summed E-state index contributed by atoms with van der Waals surface area (Å²) in [5.74, 6) is -0.587. The average Bonchev–Trinajstić information content (AvgIpc) is 3.04. The van der Waals surface area contributed by atoms with Crippen LogP contribution in [-0.4, -0.2) is 25.7 Å². The maximum atomic E-state index is 12.7. The molecule has 0 saturated heterocycles. The molecule has 0 aliphatic rings. The monoisotopic (exact) mass is 445 g/mol. The molecule has 0 bridgehead atoms. The van der Waals surface area contributed by atoms with E-state index in [9.17, 15) is 18.0 Å². The zero-order valence-corrected chi connectivity index (χ0v) is 16.9. The molecule has 158 valence electrons. The molecule has 6 nitrogen and oxygen atoms in total. The maximum Gasteiger partial charge on any atom is 0.416 e. The smallest absolute Gasteiger partial charge is 0.322 e. The third-order valence-electron chi connectivity index (χ3n) is 4.63. The molecular formula is C21H15ClF3N5O. The van der Waals surface area contributed by atoms with E-state index in [4.69, 9.17) is 11.6 Å². The van der Waals surface area contributed by atoms with Crippen LogP contribution in [0, 0.1) is 6.92 Å². The molecule has 0 aliphatic heterocycles. The molecule has 3 aromatic heterocycles. The lowest BCUT2D eigenvalue weighted by atomic mass is 10.1. The fourth-order valence-electron chi connectivity index (χ4n) is 3.13.